The third-order valence-corrected chi connectivity index (χ3v) is 2.48. The second-order valence-corrected chi connectivity index (χ2v) is 3.71. The van der Waals surface area contributed by atoms with Crippen LogP contribution in [0.5, 0.6) is 0 Å². The van der Waals surface area contributed by atoms with Gasteiger partial charge in [0.15, 0.2) is 5.76 Å². The van der Waals surface area contributed by atoms with Crippen molar-refractivity contribution < 1.29 is 4.42 Å². The zero-order valence-electron chi connectivity index (χ0n) is 8.95. The van der Waals surface area contributed by atoms with Gasteiger partial charge in [-0.3, -0.25) is 0 Å². The van der Waals surface area contributed by atoms with Crippen molar-refractivity contribution in [1.82, 2.24) is 9.97 Å². The Labute approximate surface area is 88.5 Å². The van der Waals surface area contributed by atoms with Gasteiger partial charge in [0.1, 0.15) is 11.5 Å². The fraction of sp³-hybridized carbons (Fsp3) is 0.364. The molecule has 2 aromatic rings. The molecule has 3 N–H and O–H groups in total. The van der Waals surface area contributed by atoms with Crippen molar-refractivity contribution in [3.8, 4) is 11.5 Å². The van der Waals surface area contributed by atoms with Gasteiger partial charge in [-0.15, -0.1) is 0 Å². The molecule has 2 rings (SSSR count). The second kappa shape index (κ2) is 3.90. The number of aromatic nitrogens is 2. The monoisotopic (exact) mass is 205 g/mol. The first-order valence-electron chi connectivity index (χ1n) is 5.02. The van der Waals surface area contributed by atoms with Crippen LogP contribution in [0.15, 0.2) is 22.8 Å². The first kappa shape index (κ1) is 9.98. The molecule has 4 heteroatoms. The maximum absolute atomic E-state index is 5.60. The van der Waals surface area contributed by atoms with E-state index in [0.29, 0.717) is 6.54 Å². The van der Waals surface area contributed by atoms with Crippen LogP contribution in [0.4, 0.5) is 0 Å². The average molecular weight is 205 g/mol. The summed E-state index contributed by atoms with van der Waals surface area (Å²) in [6, 6.07) is 3.76. The SMILES string of the molecule is Cc1[nH]c(C(C)CN)nc1-c1ccco1. The molecule has 0 aromatic carbocycles. The Morgan fingerprint density at radius 1 is 1.60 bits per heavy atom. The highest BCUT2D eigenvalue weighted by Gasteiger charge is 2.14. The van der Waals surface area contributed by atoms with Crippen LogP contribution in [0.25, 0.3) is 11.5 Å². The minimum atomic E-state index is 0.243. The molecule has 0 amide bonds. The Morgan fingerprint density at radius 2 is 2.40 bits per heavy atom. The van der Waals surface area contributed by atoms with Gasteiger partial charge in [0.25, 0.3) is 0 Å². The maximum Gasteiger partial charge on any atom is 0.154 e. The zero-order valence-corrected chi connectivity index (χ0v) is 8.95. The molecule has 2 heterocycles. The minimum Gasteiger partial charge on any atom is -0.463 e. The molecule has 0 aliphatic carbocycles. The molecule has 4 nitrogen and oxygen atoms in total. The van der Waals surface area contributed by atoms with E-state index in [1.165, 1.54) is 0 Å². The largest absolute Gasteiger partial charge is 0.463 e. The first-order valence-corrected chi connectivity index (χ1v) is 5.02. The smallest absolute Gasteiger partial charge is 0.154 e. The predicted molar refractivity (Wildman–Crippen MR) is 58.5 cm³/mol. The predicted octanol–water partition coefficient (Wildman–Crippen LogP) is 2.04. The highest BCUT2D eigenvalue weighted by Crippen LogP contribution is 2.23. The van der Waals surface area contributed by atoms with Crippen LogP contribution in [0.1, 0.15) is 24.4 Å². The summed E-state index contributed by atoms with van der Waals surface area (Å²) < 4.78 is 5.31. The quantitative estimate of drug-likeness (QED) is 0.805. The molecule has 0 spiro atoms. The fourth-order valence-electron chi connectivity index (χ4n) is 1.48. The molecule has 0 aliphatic heterocycles. The van der Waals surface area contributed by atoms with Crippen LogP contribution < -0.4 is 5.73 Å². The van der Waals surface area contributed by atoms with Crippen molar-refractivity contribution in [2.45, 2.75) is 19.8 Å². The highest BCUT2D eigenvalue weighted by atomic mass is 16.3. The van der Waals surface area contributed by atoms with Crippen molar-refractivity contribution in [1.29, 1.82) is 0 Å². The van der Waals surface area contributed by atoms with Crippen molar-refractivity contribution >= 4 is 0 Å². The van der Waals surface area contributed by atoms with Gasteiger partial charge in [0.2, 0.25) is 0 Å². The number of aromatic amines is 1. The molecule has 15 heavy (non-hydrogen) atoms. The van der Waals surface area contributed by atoms with Gasteiger partial charge in [-0.05, 0) is 19.1 Å². The summed E-state index contributed by atoms with van der Waals surface area (Å²) in [5, 5.41) is 0. The Kier molecular flexibility index (Phi) is 2.60. The minimum absolute atomic E-state index is 0.243. The van der Waals surface area contributed by atoms with Gasteiger partial charge in [-0.2, -0.15) is 0 Å². The molecule has 0 aliphatic rings. The highest BCUT2D eigenvalue weighted by molar-refractivity contribution is 5.55. The summed E-state index contributed by atoms with van der Waals surface area (Å²) in [4.78, 5) is 7.73. The van der Waals surface area contributed by atoms with Crippen LogP contribution in [0.2, 0.25) is 0 Å². The van der Waals surface area contributed by atoms with E-state index >= 15 is 0 Å². The molecule has 2 aromatic heterocycles. The van der Waals surface area contributed by atoms with E-state index in [-0.39, 0.29) is 5.92 Å². The van der Waals surface area contributed by atoms with E-state index in [1.807, 2.05) is 26.0 Å². The summed E-state index contributed by atoms with van der Waals surface area (Å²) in [7, 11) is 0. The van der Waals surface area contributed by atoms with E-state index in [9.17, 15) is 0 Å². The van der Waals surface area contributed by atoms with Gasteiger partial charge in [0.05, 0.1) is 6.26 Å². The standard InChI is InChI=1S/C11H15N3O/c1-7(6-12)11-13-8(2)10(14-11)9-4-3-5-15-9/h3-5,7H,6,12H2,1-2H3,(H,13,14). The van der Waals surface area contributed by atoms with Gasteiger partial charge in [-0.1, -0.05) is 6.92 Å². The maximum atomic E-state index is 5.60. The summed E-state index contributed by atoms with van der Waals surface area (Å²) >= 11 is 0. The fourth-order valence-corrected chi connectivity index (χ4v) is 1.48. The molecule has 0 saturated heterocycles. The van der Waals surface area contributed by atoms with Crippen LogP contribution in [-0.2, 0) is 0 Å². The Bertz CT molecular complexity index is 431. The summed E-state index contributed by atoms with van der Waals surface area (Å²) in [6.45, 7) is 4.62. The molecule has 0 fully saturated rings. The van der Waals surface area contributed by atoms with Crippen molar-refractivity contribution in [3.63, 3.8) is 0 Å². The average Bonchev–Trinajstić information content (AvgIpc) is 2.84. The third kappa shape index (κ3) is 1.80. The second-order valence-electron chi connectivity index (χ2n) is 3.71. The lowest BCUT2D eigenvalue weighted by Gasteiger charge is -2.02. The van der Waals surface area contributed by atoms with Crippen LogP contribution >= 0.6 is 0 Å². The van der Waals surface area contributed by atoms with Crippen LogP contribution in [0, 0.1) is 6.92 Å². The number of nitrogens with zero attached hydrogens (tertiary/aromatic N) is 1. The number of aryl methyl sites for hydroxylation is 1. The zero-order chi connectivity index (χ0) is 10.8. The van der Waals surface area contributed by atoms with Gasteiger partial charge < -0.3 is 15.1 Å². The first-order chi connectivity index (χ1) is 7.22. The third-order valence-electron chi connectivity index (χ3n) is 2.48. The number of H-pyrrole nitrogens is 1. The van der Waals surface area contributed by atoms with Gasteiger partial charge in [0, 0.05) is 18.2 Å². The molecule has 80 valence electrons. The van der Waals surface area contributed by atoms with Gasteiger partial charge in [-0.25, -0.2) is 4.98 Å². The Morgan fingerprint density at radius 3 is 3.00 bits per heavy atom. The lowest BCUT2D eigenvalue weighted by atomic mass is 10.2. The number of hydrogen-bond donors (Lipinski definition) is 2. The van der Waals surface area contributed by atoms with Crippen LogP contribution in [-0.4, -0.2) is 16.5 Å². The number of furan rings is 1. The van der Waals surface area contributed by atoms with E-state index in [4.69, 9.17) is 10.2 Å². The number of rotatable bonds is 3. The van der Waals surface area contributed by atoms with Gasteiger partial charge >= 0.3 is 0 Å². The van der Waals surface area contributed by atoms with E-state index in [2.05, 4.69) is 9.97 Å². The number of nitrogens with one attached hydrogen (secondary N) is 1. The molecule has 0 bridgehead atoms. The van der Waals surface area contributed by atoms with Crippen LogP contribution in [0.3, 0.4) is 0 Å². The lowest BCUT2D eigenvalue weighted by Crippen LogP contribution is -2.10. The van der Waals surface area contributed by atoms with E-state index < -0.39 is 0 Å². The van der Waals surface area contributed by atoms with Crippen molar-refractivity contribution in [3.05, 3.63) is 29.9 Å². The summed E-state index contributed by atoms with van der Waals surface area (Å²) in [5.41, 5.74) is 7.48. The van der Waals surface area contributed by atoms with Crippen molar-refractivity contribution in [2.75, 3.05) is 6.54 Å². The number of imidazole rings is 1. The number of nitrogens with two attached hydrogens (primary N) is 1. The summed E-state index contributed by atoms with van der Waals surface area (Å²) in [6.07, 6.45) is 1.65. The Hall–Kier alpha value is -1.55. The normalized spacial score (nSPS) is 13.0. The molecular formula is C11H15N3O. The molecule has 0 saturated carbocycles. The molecular weight excluding hydrogens is 190 g/mol. The van der Waals surface area contributed by atoms with E-state index in [0.717, 1.165) is 23.0 Å². The molecule has 0 radical (unpaired) electrons. The number of hydrogen-bond acceptors (Lipinski definition) is 3. The molecule has 1 atom stereocenters. The lowest BCUT2D eigenvalue weighted by molar-refractivity contribution is 0.579. The molecule has 1 unspecified atom stereocenters. The topological polar surface area (TPSA) is 67.8 Å². The Balaban J connectivity index is 2.38. The summed E-state index contributed by atoms with van der Waals surface area (Å²) in [5.74, 6) is 1.95. The van der Waals surface area contributed by atoms with Crippen molar-refractivity contribution in [2.24, 2.45) is 5.73 Å². The van der Waals surface area contributed by atoms with E-state index in [1.54, 1.807) is 6.26 Å².